The normalized spacial score (nSPS) is 11.3. The molecule has 0 fully saturated rings. The van der Waals surface area contributed by atoms with Crippen molar-refractivity contribution in [2.75, 3.05) is 0 Å². The van der Waals surface area contributed by atoms with Crippen LogP contribution in [0.1, 0.15) is 0 Å². The van der Waals surface area contributed by atoms with Crippen molar-refractivity contribution >= 4 is 33.4 Å². The zero-order valence-electron chi connectivity index (χ0n) is 17.4. The van der Waals surface area contributed by atoms with Gasteiger partial charge in [-0.15, -0.1) is 0 Å². The van der Waals surface area contributed by atoms with Gasteiger partial charge in [0.2, 0.25) is 0 Å². The molecule has 152 valence electrons. The lowest BCUT2D eigenvalue weighted by atomic mass is 9.92. The first-order chi connectivity index (χ1) is 15.8. The molecule has 6 aromatic rings. The lowest BCUT2D eigenvalue weighted by Gasteiger charge is -2.13. The van der Waals surface area contributed by atoms with E-state index in [1.807, 2.05) is 12.1 Å². The number of para-hydroxylation sites is 2. The second-order valence-corrected chi connectivity index (χ2v) is 8.38. The van der Waals surface area contributed by atoms with Gasteiger partial charge in [-0.2, -0.15) is 0 Å². The molecular formula is C30H20ClN. The quantitative estimate of drug-likeness (QED) is 0.265. The number of benzene rings is 5. The van der Waals surface area contributed by atoms with E-state index < -0.39 is 0 Å². The van der Waals surface area contributed by atoms with Crippen LogP contribution in [0.3, 0.4) is 0 Å². The van der Waals surface area contributed by atoms with E-state index >= 15 is 0 Å². The second kappa shape index (κ2) is 7.71. The van der Waals surface area contributed by atoms with Gasteiger partial charge in [-0.1, -0.05) is 96.5 Å². The first kappa shape index (κ1) is 18.9. The molecule has 0 saturated carbocycles. The van der Waals surface area contributed by atoms with Crippen LogP contribution >= 0.6 is 11.6 Å². The number of hydrogen-bond acceptors (Lipinski definition) is 0. The Bertz CT molecular complexity index is 1560. The molecule has 0 spiro atoms. The molecule has 6 rings (SSSR count). The summed E-state index contributed by atoms with van der Waals surface area (Å²) < 4.78 is 2.35. The Morgan fingerprint density at radius 3 is 2.00 bits per heavy atom. The Balaban J connectivity index is 1.73. The summed E-state index contributed by atoms with van der Waals surface area (Å²) in [6.45, 7) is 0. The van der Waals surface area contributed by atoms with Gasteiger partial charge in [0.1, 0.15) is 0 Å². The molecule has 1 heterocycles. The summed E-state index contributed by atoms with van der Waals surface area (Å²) in [6, 6.07) is 42.5. The number of halogens is 1. The van der Waals surface area contributed by atoms with Crippen LogP contribution in [-0.4, -0.2) is 4.57 Å². The van der Waals surface area contributed by atoms with Gasteiger partial charge in [-0.25, -0.2) is 0 Å². The van der Waals surface area contributed by atoms with E-state index in [1.54, 1.807) is 0 Å². The van der Waals surface area contributed by atoms with Crippen molar-refractivity contribution < 1.29 is 0 Å². The lowest BCUT2D eigenvalue weighted by molar-refractivity contribution is 1.18. The smallest absolute Gasteiger partial charge is 0.0547 e. The lowest BCUT2D eigenvalue weighted by Crippen LogP contribution is -1.93. The summed E-state index contributed by atoms with van der Waals surface area (Å²) in [5, 5.41) is 3.24. The zero-order valence-corrected chi connectivity index (χ0v) is 18.1. The minimum Gasteiger partial charge on any atom is -0.309 e. The summed E-state index contributed by atoms with van der Waals surface area (Å²) in [4.78, 5) is 0. The fourth-order valence-corrected chi connectivity index (χ4v) is 4.88. The Labute approximate surface area is 192 Å². The predicted octanol–water partition coefficient (Wildman–Crippen LogP) is 8.77. The SMILES string of the molecule is Clc1ccc(-c2cccc3c2c2ccccc2n3-c2ccccc2)c(-c2ccccc2)c1. The van der Waals surface area contributed by atoms with Crippen molar-refractivity contribution in [2.24, 2.45) is 0 Å². The third kappa shape index (κ3) is 3.02. The van der Waals surface area contributed by atoms with Gasteiger partial charge in [-0.05, 0) is 58.7 Å². The van der Waals surface area contributed by atoms with E-state index in [1.165, 1.54) is 32.9 Å². The van der Waals surface area contributed by atoms with Crippen molar-refractivity contribution in [1.29, 1.82) is 0 Å². The van der Waals surface area contributed by atoms with E-state index in [-0.39, 0.29) is 0 Å². The highest BCUT2D eigenvalue weighted by Gasteiger charge is 2.17. The average Bonchev–Trinajstić information content (AvgIpc) is 3.20. The first-order valence-corrected chi connectivity index (χ1v) is 11.1. The molecule has 0 radical (unpaired) electrons. The topological polar surface area (TPSA) is 4.93 Å². The standard InChI is InChI=1S/C30H20ClN/c31-22-18-19-24(27(20-22)21-10-3-1-4-11-21)25-15-9-17-29-30(25)26-14-7-8-16-28(26)32(29)23-12-5-2-6-13-23/h1-20H. The molecule has 0 N–H and O–H groups in total. The molecule has 2 heteroatoms. The van der Waals surface area contributed by atoms with Crippen LogP contribution in [0.5, 0.6) is 0 Å². The molecule has 0 saturated heterocycles. The molecule has 1 nitrogen and oxygen atoms in total. The Kier molecular flexibility index (Phi) is 4.56. The molecular weight excluding hydrogens is 410 g/mol. The molecule has 0 bridgehead atoms. The van der Waals surface area contributed by atoms with E-state index in [4.69, 9.17) is 11.6 Å². The van der Waals surface area contributed by atoms with Crippen LogP contribution in [0.2, 0.25) is 5.02 Å². The van der Waals surface area contributed by atoms with Gasteiger partial charge in [-0.3, -0.25) is 0 Å². The first-order valence-electron chi connectivity index (χ1n) is 10.7. The highest BCUT2D eigenvalue weighted by atomic mass is 35.5. The van der Waals surface area contributed by atoms with Gasteiger partial charge < -0.3 is 4.57 Å². The van der Waals surface area contributed by atoms with Crippen molar-refractivity contribution in [2.45, 2.75) is 0 Å². The second-order valence-electron chi connectivity index (χ2n) is 7.94. The molecule has 32 heavy (non-hydrogen) atoms. The molecule has 5 aromatic carbocycles. The monoisotopic (exact) mass is 429 g/mol. The molecule has 0 atom stereocenters. The summed E-state index contributed by atoms with van der Waals surface area (Å²) >= 11 is 6.45. The minimum absolute atomic E-state index is 0.742. The summed E-state index contributed by atoms with van der Waals surface area (Å²) in [6.07, 6.45) is 0. The average molecular weight is 430 g/mol. The van der Waals surface area contributed by atoms with Crippen LogP contribution in [0.4, 0.5) is 0 Å². The Morgan fingerprint density at radius 2 is 1.19 bits per heavy atom. The van der Waals surface area contributed by atoms with Crippen molar-refractivity contribution in [3.8, 4) is 27.9 Å². The summed E-state index contributed by atoms with van der Waals surface area (Å²) in [7, 11) is 0. The van der Waals surface area contributed by atoms with Crippen LogP contribution < -0.4 is 0 Å². The van der Waals surface area contributed by atoms with Crippen LogP contribution in [0.15, 0.2) is 121 Å². The van der Waals surface area contributed by atoms with Gasteiger partial charge >= 0.3 is 0 Å². The minimum atomic E-state index is 0.742. The number of aromatic nitrogens is 1. The maximum Gasteiger partial charge on any atom is 0.0547 e. The third-order valence-electron chi connectivity index (χ3n) is 6.07. The van der Waals surface area contributed by atoms with Gasteiger partial charge in [0.25, 0.3) is 0 Å². The van der Waals surface area contributed by atoms with E-state index in [2.05, 4.69) is 114 Å². The highest BCUT2D eigenvalue weighted by Crippen LogP contribution is 2.42. The maximum atomic E-state index is 6.45. The molecule has 1 aromatic heterocycles. The molecule has 0 aliphatic carbocycles. The van der Waals surface area contributed by atoms with Gasteiger partial charge in [0, 0.05) is 21.5 Å². The summed E-state index contributed by atoms with van der Waals surface area (Å²) in [5.41, 5.74) is 8.26. The van der Waals surface area contributed by atoms with Crippen molar-refractivity contribution in [3.63, 3.8) is 0 Å². The van der Waals surface area contributed by atoms with Crippen molar-refractivity contribution in [1.82, 2.24) is 4.57 Å². The van der Waals surface area contributed by atoms with Gasteiger partial charge in [0.05, 0.1) is 11.0 Å². The maximum absolute atomic E-state index is 6.45. The summed E-state index contributed by atoms with van der Waals surface area (Å²) in [5.74, 6) is 0. The van der Waals surface area contributed by atoms with Crippen LogP contribution in [0.25, 0.3) is 49.7 Å². The number of nitrogens with zero attached hydrogens (tertiary/aromatic N) is 1. The zero-order chi connectivity index (χ0) is 21.5. The molecule has 0 aliphatic heterocycles. The molecule has 0 unspecified atom stereocenters. The largest absolute Gasteiger partial charge is 0.309 e. The third-order valence-corrected chi connectivity index (χ3v) is 6.30. The fourth-order valence-electron chi connectivity index (χ4n) is 4.71. The van der Waals surface area contributed by atoms with Crippen LogP contribution in [0, 0.1) is 0 Å². The molecule has 0 aliphatic rings. The Hall–Kier alpha value is -3.81. The van der Waals surface area contributed by atoms with Crippen LogP contribution in [-0.2, 0) is 0 Å². The van der Waals surface area contributed by atoms with Gasteiger partial charge in [0.15, 0.2) is 0 Å². The Morgan fingerprint density at radius 1 is 0.500 bits per heavy atom. The number of hydrogen-bond donors (Lipinski definition) is 0. The predicted molar refractivity (Wildman–Crippen MR) is 137 cm³/mol. The van der Waals surface area contributed by atoms with E-state index in [0.29, 0.717) is 0 Å². The van der Waals surface area contributed by atoms with Crippen molar-refractivity contribution in [3.05, 3.63) is 126 Å². The highest BCUT2D eigenvalue weighted by molar-refractivity contribution is 6.31. The van der Waals surface area contributed by atoms with E-state index in [0.717, 1.165) is 21.8 Å². The number of fused-ring (bicyclic) bond motifs is 3. The fraction of sp³-hybridized carbons (Fsp3) is 0. The molecule has 0 amide bonds. The van der Waals surface area contributed by atoms with E-state index in [9.17, 15) is 0 Å². The number of rotatable bonds is 3.